The van der Waals surface area contributed by atoms with Gasteiger partial charge in [0.25, 0.3) is 0 Å². The summed E-state index contributed by atoms with van der Waals surface area (Å²) in [4.78, 5) is 4.46. The number of nitrogens with one attached hydrogen (secondary N) is 1. The predicted octanol–water partition coefficient (Wildman–Crippen LogP) is 3.41. The van der Waals surface area contributed by atoms with E-state index in [4.69, 9.17) is 4.74 Å². The van der Waals surface area contributed by atoms with E-state index in [2.05, 4.69) is 10.3 Å². The molecule has 1 aliphatic heterocycles. The fourth-order valence-corrected chi connectivity index (χ4v) is 3.68. The van der Waals surface area contributed by atoms with Gasteiger partial charge in [0, 0.05) is 12.7 Å². The highest BCUT2D eigenvalue weighted by molar-refractivity contribution is 7.22. The molecule has 0 spiro atoms. The van der Waals surface area contributed by atoms with Crippen LogP contribution in [-0.2, 0) is 4.74 Å². The average Bonchev–Trinajstić information content (AvgIpc) is 3.00. The molecule has 0 amide bonds. The van der Waals surface area contributed by atoms with Gasteiger partial charge in [0.15, 0.2) is 5.13 Å². The maximum absolute atomic E-state index is 13.2. The number of benzene rings is 1. The van der Waals surface area contributed by atoms with Gasteiger partial charge < -0.3 is 10.1 Å². The van der Waals surface area contributed by atoms with Crippen molar-refractivity contribution in [1.82, 2.24) is 4.98 Å². The second-order valence-corrected chi connectivity index (χ2v) is 6.37. The Kier molecular flexibility index (Phi) is 2.70. The molecular weight excluding hydrogens is 263 g/mol. The van der Waals surface area contributed by atoms with Crippen molar-refractivity contribution >= 4 is 26.7 Å². The summed E-state index contributed by atoms with van der Waals surface area (Å²) in [7, 11) is 0. The molecule has 2 atom stereocenters. The average molecular weight is 278 g/mol. The number of thiazole rings is 1. The molecule has 19 heavy (non-hydrogen) atoms. The number of halogens is 1. The summed E-state index contributed by atoms with van der Waals surface area (Å²) in [5.74, 6) is 0.497. The van der Waals surface area contributed by atoms with E-state index < -0.39 is 0 Å². The van der Waals surface area contributed by atoms with Crippen molar-refractivity contribution in [1.29, 1.82) is 0 Å². The Balaban J connectivity index is 1.57. The molecule has 1 aromatic heterocycles. The maximum Gasteiger partial charge on any atom is 0.184 e. The van der Waals surface area contributed by atoms with Crippen molar-refractivity contribution in [2.24, 2.45) is 5.92 Å². The van der Waals surface area contributed by atoms with E-state index in [0.717, 1.165) is 34.3 Å². The Bertz CT molecular complexity index is 611. The van der Waals surface area contributed by atoms with Crippen molar-refractivity contribution < 1.29 is 9.13 Å². The molecular formula is C14H15FN2OS. The van der Waals surface area contributed by atoms with Crippen LogP contribution in [0.5, 0.6) is 0 Å². The van der Waals surface area contributed by atoms with Crippen LogP contribution >= 0.6 is 11.3 Å². The summed E-state index contributed by atoms with van der Waals surface area (Å²) in [6.45, 7) is 0.832. The Hall–Kier alpha value is -1.20. The minimum atomic E-state index is -0.232. The van der Waals surface area contributed by atoms with Gasteiger partial charge >= 0.3 is 0 Å². The summed E-state index contributed by atoms with van der Waals surface area (Å²) in [5, 5.41) is 4.36. The lowest BCUT2D eigenvalue weighted by Gasteiger charge is -2.18. The number of ether oxygens (including phenoxy) is 1. The topological polar surface area (TPSA) is 34.1 Å². The third-order valence-corrected chi connectivity index (χ3v) is 4.85. The van der Waals surface area contributed by atoms with Gasteiger partial charge in [-0.3, -0.25) is 0 Å². The van der Waals surface area contributed by atoms with E-state index >= 15 is 0 Å². The smallest absolute Gasteiger partial charge is 0.184 e. The molecule has 2 aliphatic rings. The van der Waals surface area contributed by atoms with Crippen LogP contribution in [-0.4, -0.2) is 23.7 Å². The van der Waals surface area contributed by atoms with Crippen LogP contribution < -0.4 is 5.32 Å². The first-order chi connectivity index (χ1) is 9.29. The lowest BCUT2D eigenvalue weighted by Crippen LogP contribution is -2.30. The zero-order valence-electron chi connectivity index (χ0n) is 10.4. The quantitative estimate of drug-likeness (QED) is 0.934. The third kappa shape index (κ3) is 2.21. The molecule has 2 unspecified atom stereocenters. The second-order valence-electron chi connectivity index (χ2n) is 5.34. The highest BCUT2D eigenvalue weighted by Gasteiger charge is 2.40. The molecule has 1 N–H and O–H groups in total. The SMILES string of the molecule is Fc1ccc2sc(NC3CCOC3C3CC3)nc2c1. The fraction of sp³-hybridized carbons (Fsp3) is 0.500. The Labute approximate surface area is 114 Å². The Morgan fingerprint density at radius 1 is 1.32 bits per heavy atom. The molecule has 1 aromatic carbocycles. The predicted molar refractivity (Wildman–Crippen MR) is 74.1 cm³/mol. The number of aromatic nitrogens is 1. The van der Waals surface area contributed by atoms with Gasteiger partial charge in [0.05, 0.1) is 22.4 Å². The molecule has 2 aromatic rings. The number of hydrogen-bond donors (Lipinski definition) is 1. The normalized spacial score (nSPS) is 27.0. The van der Waals surface area contributed by atoms with Gasteiger partial charge in [-0.25, -0.2) is 9.37 Å². The van der Waals surface area contributed by atoms with Crippen LogP contribution in [0.15, 0.2) is 18.2 Å². The summed E-state index contributed by atoms with van der Waals surface area (Å²) < 4.78 is 20.0. The molecule has 1 saturated carbocycles. The molecule has 2 fully saturated rings. The number of hydrogen-bond acceptors (Lipinski definition) is 4. The highest BCUT2D eigenvalue weighted by Crippen LogP contribution is 2.40. The largest absolute Gasteiger partial charge is 0.376 e. The van der Waals surface area contributed by atoms with Crippen LogP contribution in [0.4, 0.5) is 9.52 Å². The van der Waals surface area contributed by atoms with Gasteiger partial charge in [0.2, 0.25) is 0 Å². The molecule has 1 aliphatic carbocycles. The zero-order chi connectivity index (χ0) is 12.8. The Morgan fingerprint density at radius 3 is 3.05 bits per heavy atom. The minimum absolute atomic E-state index is 0.232. The van der Waals surface area contributed by atoms with E-state index in [-0.39, 0.29) is 5.82 Å². The first-order valence-corrected chi connectivity index (χ1v) is 7.55. The summed E-state index contributed by atoms with van der Waals surface area (Å²) in [6, 6.07) is 5.12. The lowest BCUT2D eigenvalue weighted by molar-refractivity contribution is 0.0898. The molecule has 0 bridgehead atoms. The van der Waals surface area contributed by atoms with E-state index in [1.54, 1.807) is 17.4 Å². The standard InChI is InChI=1S/C14H15FN2OS/c15-9-3-4-12-11(7-9)17-14(19-12)16-10-5-6-18-13(10)8-1-2-8/h3-4,7-8,10,13H,1-2,5-6H2,(H,16,17). The fourth-order valence-electron chi connectivity index (χ4n) is 2.78. The number of anilines is 1. The van der Waals surface area contributed by atoms with E-state index in [9.17, 15) is 4.39 Å². The molecule has 1 saturated heterocycles. The first-order valence-electron chi connectivity index (χ1n) is 6.74. The molecule has 0 radical (unpaired) electrons. The van der Waals surface area contributed by atoms with Crippen LogP contribution in [0, 0.1) is 11.7 Å². The molecule has 4 rings (SSSR count). The van der Waals surface area contributed by atoms with E-state index in [0.29, 0.717) is 12.1 Å². The van der Waals surface area contributed by atoms with Crippen molar-refractivity contribution in [2.75, 3.05) is 11.9 Å². The van der Waals surface area contributed by atoms with Crippen molar-refractivity contribution in [3.8, 4) is 0 Å². The molecule has 3 nitrogen and oxygen atoms in total. The molecule has 2 heterocycles. The number of rotatable bonds is 3. The minimum Gasteiger partial charge on any atom is -0.376 e. The van der Waals surface area contributed by atoms with Crippen LogP contribution in [0.3, 0.4) is 0 Å². The number of nitrogens with zero attached hydrogens (tertiary/aromatic N) is 1. The van der Waals surface area contributed by atoms with Crippen LogP contribution in [0.25, 0.3) is 10.2 Å². The third-order valence-electron chi connectivity index (χ3n) is 3.88. The van der Waals surface area contributed by atoms with Crippen molar-refractivity contribution in [2.45, 2.75) is 31.4 Å². The lowest BCUT2D eigenvalue weighted by atomic mass is 10.1. The van der Waals surface area contributed by atoms with Crippen molar-refractivity contribution in [3.05, 3.63) is 24.0 Å². The monoisotopic (exact) mass is 278 g/mol. The van der Waals surface area contributed by atoms with Crippen LogP contribution in [0.1, 0.15) is 19.3 Å². The molecule has 100 valence electrons. The van der Waals surface area contributed by atoms with Gasteiger partial charge in [0.1, 0.15) is 5.82 Å². The van der Waals surface area contributed by atoms with Gasteiger partial charge in [-0.2, -0.15) is 0 Å². The van der Waals surface area contributed by atoms with Crippen molar-refractivity contribution in [3.63, 3.8) is 0 Å². The highest BCUT2D eigenvalue weighted by atomic mass is 32.1. The van der Waals surface area contributed by atoms with Gasteiger partial charge in [-0.15, -0.1) is 0 Å². The zero-order valence-corrected chi connectivity index (χ0v) is 11.3. The summed E-state index contributed by atoms with van der Waals surface area (Å²) in [5.41, 5.74) is 0.731. The Morgan fingerprint density at radius 2 is 2.21 bits per heavy atom. The molecule has 5 heteroatoms. The van der Waals surface area contributed by atoms with Crippen LogP contribution in [0.2, 0.25) is 0 Å². The first kappa shape index (κ1) is 11.6. The van der Waals surface area contributed by atoms with Gasteiger partial charge in [-0.1, -0.05) is 11.3 Å². The summed E-state index contributed by atoms with van der Waals surface area (Å²) in [6.07, 6.45) is 3.94. The van der Waals surface area contributed by atoms with E-state index in [1.165, 1.54) is 25.0 Å². The van der Waals surface area contributed by atoms with E-state index in [1.807, 2.05) is 0 Å². The maximum atomic E-state index is 13.2. The number of fused-ring (bicyclic) bond motifs is 1. The van der Waals surface area contributed by atoms with Gasteiger partial charge in [-0.05, 0) is 37.3 Å². The second kappa shape index (κ2) is 4.42. The summed E-state index contributed by atoms with van der Waals surface area (Å²) >= 11 is 1.58.